The number of aliphatic hydroxyl groups is 1. The Hall–Kier alpha value is -3.67. The van der Waals surface area contributed by atoms with Crippen molar-refractivity contribution in [3.05, 3.63) is 71.0 Å². The second-order valence-corrected chi connectivity index (χ2v) is 8.90. The fourth-order valence-corrected chi connectivity index (χ4v) is 3.21. The number of nitrogens with one attached hydrogen (secondary N) is 2. The van der Waals surface area contributed by atoms with E-state index in [1.54, 1.807) is 51.1 Å². The summed E-state index contributed by atoms with van der Waals surface area (Å²) in [5.74, 6) is -4.67. The lowest BCUT2D eigenvalue weighted by Crippen LogP contribution is -2.53. The number of carboxylic acids is 1. The summed E-state index contributed by atoms with van der Waals surface area (Å²) in [6.07, 6.45) is -8.16. The number of amides is 2. The van der Waals surface area contributed by atoms with Crippen molar-refractivity contribution in [1.29, 1.82) is 0 Å². The highest BCUT2D eigenvalue weighted by atomic mass is 19.4. The molecule has 2 rings (SSSR count). The van der Waals surface area contributed by atoms with E-state index in [0.717, 1.165) is 6.07 Å². The van der Waals surface area contributed by atoms with Crippen LogP contribution in [0.25, 0.3) is 0 Å². The molecule has 0 saturated heterocycles. The van der Waals surface area contributed by atoms with E-state index >= 15 is 0 Å². The molecular formula is C24H26F4N2O6. The number of benzene rings is 2. The lowest BCUT2D eigenvalue weighted by atomic mass is 9.99. The molecule has 196 valence electrons. The van der Waals surface area contributed by atoms with Gasteiger partial charge in [-0.2, -0.15) is 13.2 Å². The van der Waals surface area contributed by atoms with E-state index in [9.17, 15) is 42.2 Å². The molecule has 0 aliphatic heterocycles. The number of aliphatic hydroxyl groups excluding tert-OH is 1. The Kier molecular flexibility index (Phi) is 9.03. The average molecular weight is 514 g/mol. The Labute approximate surface area is 204 Å². The van der Waals surface area contributed by atoms with Gasteiger partial charge in [0.1, 0.15) is 11.4 Å². The van der Waals surface area contributed by atoms with Gasteiger partial charge in [0, 0.05) is 0 Å². The monoisotopic (exact) mass is 514 g/mol. The first-order valence-corrected chi connectivity index (χ1v) is 10.7. The maximum absolute atomic E-state index is 13.6. The molecule has 0 saturated carbocycles. The highest BCUT2D eigenvalue weighted by Gasteiger charge is 2.37. The normalized spacial score (nSPS) is 14.3. The van der Waals surface area contributed by atoms with E-state index in [0.29, 0.717) is 11.6 Å². The second kappa shape index (κ2) is 11.4. The fraction of sp³-hybridized carbons (Fsp3) is 0.375. The zero-order chi connectivity index (χ0) is 27.3. The van der Waals surface area contributed by atoms with Crippen LogP contribution in [0.5, 0.6) is 0 Å². The summed E-state index contributed by atoms with van der Waals surface area (Å²) in [7, 11) is 0. The molecule has 3 atom stereocenters. The van der Waals surface area contributed by atoms with E-state index in [1.165, 1.54) is 0 Å². The third-order valence-corrected chi connectivity index (χ3v) is 4.81. The van der Waals surface area contributed by atoms with Crippen LogP contribution < -0.4 is 10.6 Å². The van der Waals surface area contributed by atoms with Crippen LogP contribution in [-0.4, -0.2) is 45.9 Å². The SMILES string of the molecule is CC(C)(C)OC(=O)N[C@H](Cc1ccccc1)[C@H](O)C(=O)N[C@@H](C(=O)O)c1ccc(F)c(C(F)(F)F)c1. The highest BCUT2D eigenvalue weighted by molar-refractivity contribution is 5.88. The average Bonchev–Trinajstić information content (AvgIpc) is 2.75. The number of ether oxygens (including phenoxy) is 1. The number of alkyl carbamates (subject to hydrolysis) is 1. The number of hydrogen-bond donors (Lipinski definition) is 4. The van der Waals surface area contributed by atoms with Gasteiger partial charge in [0.2, 0.25) is 0 Å². The van der Waals surface area contributed by atoms with Gasteiger partial charge in [-0.05, 0) is 50.5 Å². The predicted octanol–water partition coefficient (Wildman–Crippen LogP) is 3.58. The molecule has 8 nitrogen and oxygen atoms in total. The summed E-state index contributed by atoms with van der Waals surface area (Å²) < 4.78 is 58.0. The van der Waals surface area contributed by atoms with E-state index in [1.807, 2.05) is 5.32 Å². The van der Waals surface area contributed by atoms with Crippen molar-refractivity contribution in [2.24, 2.45) is 0 Å². The Morgan fingerprint density at radius 1 is 1.00 bits per heavy atom. The molecule has 36 heavy (non-hydrogen) atoms. The molecule has 0 bridgehead atoms. The highest BCUT2D eigenvalue weighted by Crippen LogP contribution is 2.33. The van der Waals surface area contributed by atoms with Crippen LogP contribution in [0.3, 0.4) is 0 Å². The first kappa shape index (κ1) is 28.6. The number of carboxylic acid groups (broad SMARTS) is 1. The molecule has 0 aromatic heterocycles. The van der Waals surface area contributed by atoms with Gasteiger partial charge in [0.15, 0.2) is 12.1 Å². The fourth-order valence-electron chi connectivity index (χ4n) is 3.21. The van der Waals surface area contributed by atoms with Gasteiger partial charge >= 0.3 is 18.2 Å². The number of carbonyl (C=O) groups is 3. The maximum atomic E-state index is 13.6. The Morgan fingerprint density at radius 3 is 2.14 bits per heavy atom. The third-order valence-electron chi connectivity index (χ3n) is 4.81. The van der Waals surface area contributed by atoms with Gasteiger partial charge in [0.25, 0.3) is 5.91 Å². The smallest absolute Gasteiger partial charge is 0.419 e. The number of aliphatic carboxylic acids is 1. The minimum atomic E-state index is -5.11. The van der Waals surface area contributed by atoms with Gasteiger partial charge in [-0.1, -0.05) is 36.4 Å². The van der Waals surface area contributed by atoms with Crippen LogP contribution in [0.2, 0.25) is 0 Å². The van der Waals surface area contributed by atoms with E-state index in [4.69, 9.17) is 4.74 Å². The summed E-state index contributed by atoms with van der Waals surface area (Å²) in [6, 6.07) is 6.52. The molecule has 0 unspecified atom stereocenters. The van der Waals surface area contributed by atoms with Gasteiger partial charge in [0.05, 0.1) is 11.6 Å². The minimum Gasteiger partial charge on any atom is -0.479 e. The van der Waals surface area contributed by atoms with Crippen molar-refractivity contribution < 1.29 is 46.9 Å². The van der Waals surface area contributed by atoms with Crippen molar-refractivity contribution in [1.82, 2.24) is 10.6 Å². The quantitative estimate of drug-likeness (QED) is 0.399. The largest absolute Gasteiger partial charge is 0.479 e. The van der Waals surface area contributed by atoms with Gasteiger partial charge in [-0.25, -0.2) is 14.0 Å². The molecule has 12 heteroatoms. The summed E-state index contributed by atoms with van der Waals surface area (Å²) in [5, 5.41) is 24.5. The van der Waals surface area contributed by atoms with E-state index in [-0.39, 0.29) is 12.5 Å². The minimum absolute atomic E-state index is 0.0683. The Balaban J connectivity index is 2.30. The first-order chi connectivity index (χ1) is 16.6. The van der Waals surface area contributed by atoms with Crippen molar-refractivity contribution in [3.8, 4) is 0 Å². The predicted molar refractivity (Wildman–Crippen MR) is 119 cm³/mol. The summed E-state index contributed by atoms with van der Waals surface area (Å²) >= 11 is 0. The molecule has 0 aliphatic carbocycles. The molecule has 4 N–H and O–H groups in total. The standard InChI is InChI=1S/C24H26F4N2O6/c1-23(2,3)36-22(35)29-17(11-13-7-5-4-6-8-13)19(31)20(32)30-18(21(33)34)14-9-10-16(25)15(12-14)24(26,27)28/h4-10,12,17-19,31H,11H2,1-3H3,(H,29,35)(H,30,32)(H,33,34)/t17-,18-,19+/m1/s1. The zero-order valence-corrected chi connectivity index (χ0v) is 19.6. The lowest BCUT2D eigenvalue weighted by molar-refractivity contribution is -0.144. The van der Waals surface area contributed by atoms with Crippen molar-refractivity contribution in [2.45, 2.75) is 57.2 Å². The van der Waals surface area contributed by atoms with Crippen LogP contribution in [0.1, 0.15) is 43.5 Å². The molecule has 2 aromatic carbocycles. The molecule has 0 spiro atoms. The van der Waals surface area contributed by atoms with Crippen molar-refractivity contribution in [2.75, 3.05) is 0 Å². The van der Waals surface area contributed by atoms with E-state index in [2.05, 4.69) is 5.32 Å². The molecule has 0 heterocycles. The second-order valence-electron chi connectivity index (χ2n) is 8.90. The van der Waals surface area contributed by atoms with Gasteiger partial charge in [-0.3, -0.25) is 4.79 Å². The number of alkyl halides is 3. The van der Waals surface area contributed by atoms with Crippen LogP contribution >= 0.6 is 0 Å². The molecule has 0 fully saturated rings. The van der Waals surface area contributed by atoms with Crippen LogP contribution in [0.15, 0.2) is 48.5 Å². The van der Waals surface area contributed by atoms with E-state index < -0.39 is 64.9 Å². The molecule has 0 aliphatic rings. The molecular weight excluding hydrogens is 488 g/mol. The summed E-state index contributed by atoms with van der Waals surface area (Å²) in [5.41, 5.74) is -2.58. The van der Waals surface area contributed by atoms with Crippen LogP contribution in [0, 0.1) is 5.82 Å². The first-order valence-electron chi connectivity index (χ1n) is 10.7. The maximum Gasteiger partial charge on any atom is 0.419 e. The molecule has 2 amide bonds. The van der Waals surface area contributed by atoms with Crippen molar-refractivity contribution >= 4 is 18.0 Å². The Morgan fingerprint density at radius 2 is 1.61 bits per heavy atom. The van der Waals surface area contributed by atoms with Crippen molar-refractivity contribution in [3.63, 3.8) is 0 Å². The number of rotatable bonds is 8. The lowest BCUT2D eigenvalue weighted by Gasteiger charge is -2.27. The molecule has 0 radical (unpaired) electrons. The summed E-state index contributed by atoms with van der Waals surface area (Å²) in [4.78, 5) is 36.8. The van der Waals surface area contributed by atoms with Crippen LogP contribution in [-0.2, 0) is 26.9 Å². The molecule has 2 aromatic rings. The number of hydrogen-bond acceptors (Lipinski definition) is 5. The number of carbonyl (C=O) groups excluding carboxylic acids is 2. The topological polar surface area (TPSA) is 125 Å². The van der Waals surface area contributed by atoms with Crippen LogP contribution in [0.4, 0.5) is 22.4 Å². The van der Waals surface area contributed by atoms with Gasteiger partial charge in [-0.15, -0.1) is 0 Å². The number of halogens is 4. The summed E-state index contributed by atoms with van der Waals surface area (Å²) in [6.45, 7) is 4.78. The zero-order valence-electron chi connectivity index (χ0n) is 19.6. The Bertz CT molecular complexity index is 1090. The third kappa shape index (κ3) is 8.22. The van der Waals surface area contributed by atoms with Gasteiger partial charge < -0.3 is 25.6 Å².